The molecule has 1 N–H and O–H groups in total. The number of allylic oxidation sites excluding steroid dienone is 1. The summed E-state index contributed by atoms with van der Waals surface area (Å²) in [6.07, 6.45) is 8.21. The van der Waals surface area contributed by atoms with Gasteiger partial charge in [-0.15, -0.1) is 0 Å². The normalized spacial score (nSPS) is 11.4. The second-order valence-corrected chi connectivity index (χ2v) is 4.61. The lowest BCUT2D eigenvalue weighted by Crippen LogP contribution is -2.23. The molecule has 0 unspecified atom stereocenters. The Balaban J connectivity index is 1.95. The van der Waals surface area contributed by atoms with E-state index in [1.165, 1.54) is 0 Å². The highest BCUT2D eigenvalue weighted by atomic mass is 16.1. The molecule has 0 aliphatic heterocycles. The Morgan fingerprint density at radius 2 is 2.10 bits per heavy atom. The van der Waals surface area contributed by atoms with Crippen molar-refractivity contribution in [1.29, 1.82) is 0 Å². The third kappa shape index (κ3) is 3.57. The van der Waals surface area contributed by atoms with Gasteiger partial charge in [-0.05, 0) is 31.0 Å². The van der Waals surface area contributed by atoms with E-state index in [2.05, 4.69) is 10.3 Å². The molecule has 0 aliphatic carbocycles. The fourth-order valence-corrected chi connectivity index (χ4v) is 1.92. The van der Waals surface area contributed by atoms with Gasteiger partial charge in [0.15, 0.2) is 0 Å². The molecule has 4 nitrogen and oxygen atoms in total. The molecule has 1 aromatic carbocycles. The second kappa shape index (κ2) is 6.70. The molecule has 1 heterocycles. The fraction of sp³-hybridized carbons (Fsp3) is 0.250. The van der Waals surface area contributed by atoms with Crippen molar-refractivity contribution in [3.63, 3.8) is 0 Å². The molecular formula is C16H19N3O. The van der Waals surface area contributed by atoms with Gasteiger partial charge in [-0.2, -0.15) is 0 Å². The average molecular weight is 269 g/mol. The molecule has 104 valence electrons. The molecule has 0 spiro atoms. The maximum absolute atomic E-state index is 11.8. The molecule has 0 fully saturated rings. The highest BCUT2D eigenvalue weighted by Gasteiger charge is 2.03. The minimum atomic E-state index is -0.00876. The Kier molecular flexibility index (Phi) is 4.71. The molecule has 0 saturated carbocycles. The first-order chi connectivity index (χ1) is 9.70. The first-order valence-corrected chi connectivity index (χ1v) is 6.73. The maximum Gasteiger partial charge on any atom is 0.246 e. The van der Waals surface area contributed by atoms with Crippen molar-refractivity contribution in [3.8, 4) is 5.69 Å². The summed E-state index contributed by atoms with van der Waals surface area (Å²) in [6.45, 7) is 4.39. The number of amides is 1. The number of benzene rings is 1. The number of aromatic nitrogens is 2. The first-order valence-electron chi connectivity index (χ1n) is 6.73. The van der Waals surface area contributed by atoms with E-state index in [9.17, 15) is 4.79 Å². The van der Waals surface area contributed by atoms with Gasteiger partial charge < -0.3 is 9.88 Å². The zero-order valence-corrected chi connectivity index (χ0v) is 11.8. The van der Waals surface area contributed by atoms with Crippen LogP contribution in [0.15, 0.2) is 54.6 Å². The SMILES string of the molecule is CC/C=C(\C)C(=O)NCc1ccc(-n2ccnc2)cc1. The van der Waals surface area contributed by atoms with E-state index in [0.717, 1.165) is 23.2 Å². The number of carbonyl (C=O) groups is 1. The van der Waals surface area contributed by atoms with Crippen LogP contribution in [-0.4, -0.2) is 15.5 Å². The van der Waals surface area contributed by atoms with Crippen molar-refractivity contribution in [2.45, 2.75) is 26.8 Å². The third-order valence-electron chi connectivity index (χ3n) is 3.06. The van der Waals surface area contributed by atoms with E-state index >= 15 is 0 Å². The largest absolute Gasteiger partial charge is 0.348 e. The van der Waals surface area contributed by atoms with E-state index in [1.54, 1.807) is 12.5 Å². The molecule has 2 aromatic rings. The van der Waals surface area contributed by atoms with Gasteiger partial charge in [0.2, 0.25) is 5.91 Å². The van der Waals surface area contributed by atoms with Crippen LogP contribution in [0.2, 0.25) is 0 Å². The van der Waals surface area contributed by atoms with Crippen LogP contribution in [0.4, 0.5) is 0 Å². The molecule has 0 atom stereocenters. The van der Waals surface area contributed by atoms with E-state index in [0.29, 0.717) is 6.54 Å². The fourth-order valence-electron chi connectivity index (χ4n) is 1.92. The molecule has 0 saturated heterocycles. The van der Waals surface area contributed by atoms with Crippen LogP contribution in [0.5, 0.6) is 0 Å². The van der Waals surface area contributed by atoms with Gasteiger partial charge in [0.25, 0.3) is 0 Å². The van der Waals surface area contributed by atoms with Crippen LogP contribution in [0.3, 0.4) is 0 Å². The van der Waals surface area contributed by atoms with Crippen molar-refractivity contribution in [2.75, 3.05) is 0 Å². The van der Waals surface area contributed by atoms with E-state index in [4.69, 9.17) is 0 Å². The van der Waals surface area contributed by atoms with Crippen LogP contribution < -0.4 is 5.32 Å². The third-order valence-corrected chi connectivity index (χ3v) is 3.06. The van der Waals surface area contributed by atoms with Crippen molar-refractivity contribution >= 4 is 5.91 Å². The lowest BCUT2D eigenvalue weighted by molar-refractivity contribution is -0.117. The van der Waals surface area contributed by atoms with Gasteiger partial charge in [0.1, 0.15) is 0 Å². The minimum absolute atomic E-state index is 0.00876. The van der Waals surface area contributed by atoms with Gasteiger partial charge >= 0.3 is 0 Å². The van der Waals surface area contributed by atoms with Crippen LogP contribution in [-0.2, 0) is 11.3 Å². The second-order valence-electron chi connectivity index (χ2n) is 4.61. The van der Waals surface area contributed by atoms with Gasteiger partial charge in [-0.3, -0.25) is 4.79 Å². The number of imidazole rings is 1. The van der Waals surface area contributed by atoms with Crippen molar-refractivity contribution in [1.82, 2.24) is 14.9 Å². The predicted octanol–water partition coefficient (Wildman–Crippen LogP) is 2.84. The van der Waals surface area contributed by atoms with Gasteiger partial charge in [0.05, 0.1) is 6.33 Å². The van der Waals surface area contributed by atoms with Gasteiger partial charge in [-0.25, -0.2) is 4.98 Å². The highest BCUT2D eigenvalue weighted by Crippen LogP contribution is 2.09. The monoisotopic (exact) mass is 269 g/mol. The molecule has 20 heavy (non-hydrogen) atoms. The van der Waals surface area contributed by atoms with E-state index < -0.39 is 0 Å². The average Bonchev–Trinajstić information content (AvgIpc) is 2.99. The summed E-state index contributed by atoms with van der Waals surface area (Å²) in [5.41, 5.74) is 2.90. The quantitative estimate of drug-likeness (QED) is 0.848. The smallest absolute Gasteiger partial charge is 0.246 e. The number of carbonyl (C=O) groups excluding carboxylic acids is 1. The summed E-state index contributed by atoms with van der Waals surface area (Å²) in [7, 11) is 0. The number of hydrogen-bond donors (Lipinski definition) is 1. The molecule has 1 aromatic heterocycles. The van der Waals surface area contributed by atoms with Crippen LogP contribution in [0.1, 0.15) is 25.8 Å². The molecular weight excluding hydrogens is 250 g/mol. The number of nitrogens with zero attached hydrogens (tertiary/aromatic N) is 2. The van der Waals surface area contributed by atoms with E-state index in [1.807, 2.05) is 55.0 Å². The van der Waals surface area contributed by atoms with Crippen molar-refractivity contribution < 1.29 is 4.79 Å². The number of hydrogen-bond acceptors (Lipinski definition) is 2. The highest BCUT2D eigenvalue weighted by molar-refractivity contribution is 5.92. The van der Waals surface area contributed by atoms with Crippen molar-refractivity contribution in [3.05, 3.63) is 60.2 Å². The summed E-state index contributed by atoms with van der Waals surface area (Å²) in [4.78, 5) is 15.8. The molecule has 4 heteroatoms. The lowest BCUT2D eigenvalue weighted by atomic mass is 10.2. The van der Waals surface area contributed by atoms with Gasteiger partial charge in [0, 0.05) is 30.2 Å². The standard InChI is InChI=1S/C16H19N3O/c1-3-4-13(2)16(20)18-11-14-5-7-15(8-6-14)19-10-9-17-12-19/h4-10,12H,3,11H2,1-2H3,(H,18,20)/b13-4+. The van der Waals surface area contributed by atoms with Gasteiger partial charge in [-0.1, -0.05) is 25.1 Å². The Hall–Kier alpha value is -2.36. The van der Waals surface area contributed by atoms with Crippen molar-refractivity contribution in [2.24, 2.45) is 0 Å². The minimum Gasteiger partial charge on any atom is -0.348 e. The molecule has 2 rings (SSSR count). The molecule has 0 aliphatic rings. The Bertz CT molecular complexity index is 583. The lowest BCUT2D eigenvalue weighted by Gasteiger charge is -2.07. The Morgan fingerprint density at radius 1 is 1.35 bits per heavy atom. The summed E-state index contributed by atoms with van der Waals surface area (Å²) in [6, 6.07) is 8.04. The summed E-state index contributed by atoms with van der Waals surface area (Å²) in [5.74, 6) is -0.00876. The summed E-state index contributed by atoms with van der Waals surface area (Å²) < 4.78 is 1.94. The Morgan fingerprint density at radius 3 is 2.70 bits per heavy atom. The van der Waals surface area contributed by atoms with E-state index in [-0.39, 0.29) is 5.91 Å². The Labute approximate surface area is 119 Å². The zero-order valence-electron chi connectivity index (χ0n) is 11.8. The zero-order chi connectivity index (χ0) is 14.4. The summed E-state index contributed by atoms with van der Waals surface area (Å²) >= 11 is 0. The summed E-state index contributed by atoms with van der Waals surface area (Å²) in [5, 5.41) is 2.91. The van der Waals surface area contributed by atoms with Crippen LogP contribution in [0.25, 0.3) is 5.69 Å². The topological polar surface area (TPSA) is 46.9 Å². The number of rotatable bonds is 5. The van der Waals surface area contributed by atoms with Crippen LogP contribution in [0, 0.1) is 0 Å². The number of nitrogens with one attached hydrogen (secondary N) is 1. The van der Waals surface area contributed by atoms with Crippen LogP contribution >= 0.6 is 0 Å². The predicted molar refractivity (Wildman–Crippen MR) is 79.5 cm³/mol. The molecule has 0 bridgehead atoms. The maximum atomic E-state index is 11.8. The first kappa shape index (κ1) is 14.1. The molecule has 0 radical (unpaired) electrons. The molecule has 1 amide bonds.